The lowest BCUT2D eigenvalue weighted by Crippen LogP contribution is -2.57. The molecule has 1 aromatic heterocycles. The van der Waals surface area contributed by atoms with Crippen molar-refractivity contribution < 1.29 is 41.9 Å². The zero-order valence-corrected chi connectivity index (χ0v) is 39.6. The number of nitrogens with zero attached hydrogens (tertiary/aromatic N) is 3. The Morgan fingerprint density at radius 1 is 1.00 bits per heavy atom. The predicted molar refractivity (Wildman–Crippen MR) is 247 cm³/mol. The van der Waals surface area contributed by atoms with E-state index in [-0.39, 0.29) is 49.2 Å². The molecule has 2 saturated heterocycles. The summed E-state index contributed by atoms with van der Waals surface area (Å²) < 4.78 is 39.0. The van der Waals surface area contributed by atoms with Gasteiger partial charge in [0.15, 0.2) is 5.43 Å². The third-order valence-electron chi connectivity index (χ3n) is 12.9. The number of hydrogen-bond donors (Lipinski definition) is 3. The molecule has 5 amide bonds. The fourth-order valence-electron chi connectivity index (χ4n) is 8.72. The molecule has 3 heterocycles. The lowest BCUT2D eigenvalue weighted by molar-refractivity contribution is -0.148. The van der Waals surface area contributed by atoms with Gasteiger partial charge in [0.25, 0.3) is 5.91 Å². The fourth-order valence-corrected chi connectivity index (χ4v) is 10.0. The van der Waals surface area contributed by atoms with E-state index in [9.17, 15) is 37.2 Å². The van der Waals surface area contributed by atoms with Crippen LogP contribution in [0, 0.1) is 17.3 Å². The summed E-state index contributed by atoms with van der Waals surface area (Å²) in [6.45, 7) is 15.4. The second-order valence-electron chi connectivity index (χ2n) is 19.4. The Kier molecular flexibility index (Phi) is 14.6. The molecule has 5 atom stereocenters. The number of H-pyrrole nitrogens is 1. The van der Waals surface area contributed by atoms with Crippen molar-refractivity contribution in [1.29, 1.82) is 0 Å². The van der Waals surface area contributed by atoms with Gasteiger partial charge >= 0.3 is 6.09 Å². The van der Waals surface area contributed by atoms with Gasteiger partial charge in [0.05, 0.1) is 29.8 Å². The molecule has 17 heteroatoms. The molecular formula is C48H64N6O10S. The van der Waals surface area contributed by atoms with Crippen molar-refractivity contribution in [2.24, 2.45) is 17.3 Å². The Bertz CT molecular complexity index is 2480. The minimum Gasteiger partial charge on any atom is -0.496 e. The van der Waals surface area contributed by atoms with E-state index in [4.69, 9.17) is 9.47 Å². The van der Waals surface area contributed by atoms with Gasteiger partial charge in [0, 0.05) is 68.7 Å². The van der Waals surface area contributed by atoms with Crippen molar-refractivity contribution in [2.75, 3.05) is 33.8 Å². The Labute approximate surface area is 381 Å². The molecular weight excluding hydrogens is 853 g/mol. The highest BCUT2D eigenvalue weighted by Crippen LogP contribution is 2.35. The smallest absolute Gasteiger partial charge is 0.410 e. The van der Waals surface area contributed by atoms with E-state index in [0.717, 1.165) is 5.56 Å². The van der Waals surface area contributed by atoms with Gasteiger partial charge in [-0.25, -0.2) is 13.2 Å². The third-order valence-corrected chi connectivity index (χ3v) is 14.7. The Hall–Kier alpha value is -5.71. The summed E-state index contributed by atoms with van der Waals surface area (Å²) in [5.74, 6) is -2.94. The second kappa shape index (κ2) is 19.4. The standard InChI is InChI=1S/C48H64N6O10S/c1-10-29(2)42(44(58)51-65(61,62)33-18-19-33)50-43(57)38-17-14-21-54(38)45(59)35(47(3,4)5)24-41(56)53-22-20-32(28-53)52(8)46(60)64-48(6,7)27-31-23-34-37(26-40(31)63-9)49-36(25-39(34)55)30-15-12-11-13-16-30/h10-13,15-16,23,25-26,29,32-33,35,38,42H,1,14,17-22,24,27-28H2,2-9H3,(H,49,55)(H,50,57)(H,51,58)/t29?,32?,35?,38-,42+/m0/s1. The number of methoxy groups -OCH3 is 1. The maximum atomic E-state index is 14.4. The average molecular weight is 917 g/mol. The predicted octanol–water partition coefficient (Wildman–Crippen LogP) is 5.15. The first-order valence-corrected chi connectivity index (χ1v) is 23.9. The average Bonchev–Trinajstić information content (AvgIpc) is 3.81. The molecule has 6 rings (SSSR count). The van der Waals surface area contributed by atoms with Crippen molar-refractivity contribution in [3.8, 4) is 17.0 Å². The molecule has 3 aromatic rings. The quantitative estimate of drug-likeness (QED) is 0.161. The number of aromatic nitrogens is 1. The molecule has 16 nitrogen and oxygen atoms in total. The minimum atomic E-state index is -3.87. The summed E-state index contributed by atoms with van der Waals surface area (Å²) in [6.07, 6.45) is 3.27. The van der Waals surface area contributed by atoms with Crippen LogP contribution >= 0.6 is 0 Å². The summed E-state index contributed by atoms with van der Waals surface area (Å²) in [5.41, 5.74) is 1.01. The van der Waals surface area contributed by atoms with Crippen LogP contribution in [0.15, 0.2) is 66.0 Å². The number of amides is 5. The van der Waals surface area contributed by atoms with Crippen LogP contribution in [0.25, 0.3) is 22.2 Å². The highest BCUT2D eigenvalue weighted by atomic mass is 32.2. The van der Waals surface area contributed by atoms with Gasteiger partial charge in [-0.3, -0.25) is 28.7 Å². The first-order chi connectivity index (χ1) is 30.5. The number of likely N-dealkylation sites (tertiary alicyclic amines) is 2. The molecule has 2 aliphatic heterocycles. The number of pyridine rings is 1. The maximum Gasteiger partial charge on any atom is 0.410 e. The number of benzene rings is 2. The number of carbonyl (C=O) groups is 5. The number of likely N-dealkylation sites (N-methyl/N-ethyl adjacent to an activating group) is 1. The lowest BCUT2D eigenvalue weighted by atomic mass is 9.77. The molecule has 3 aliphatic rings. The van der Waals surface area contributed by atoms with Crippen molar-refractivity contribution >= 4 is 50.6 Å². The number of ether oxygens (including phenoxy) is 2. The summed E-state index contributed by atoms with van der Waals surface area (Å²) in [4.78, 5) is 90.2. The Morgan fingerprint density at radius 2 is 1.69 bits per heavy atom. The van der Waals surface area contributed by atoms with E-state index in [0.29, 0.717) is 66.6 Å². The molecule has 65 heavy (non-hydrogen) atoms. The van der Waals surface area contributed by atoms with Gasteiger partial charge in [-0.05, 0) is 68.6 Å². The monoisotopic (exact) mass is 916 g/mol. The number of carbonyl (C=O) groups excluding carboxylic acids is 5. The largest absolute Gasteiger partial charge is 0.496 e. The number of hydrogen-bond acceptors (Lipinski definition) is 10. The number of aromatic amines is 1. The maximum absolute atomic E-state index is 14.4. The van der Waals surface area contributed by atoms with Gasteiger partial charge in [0.1, 0.15) is 23.4 Å². The first-order valence-electron chi connectivity index (χ1n) is 22.4. The number of sulfonamides is 1. The van der Waals surface area contributed by atoms with Crippen LogP contribution in [0.4, 0.5) is 4.79 Å². The Morgan fingerprint density at radius 3 is 2.32 bits per heavy atom. The lowest BCUT2D eigenvalue weighted by Gasteiger charge is -2.36. The summed E-state index contributed by atoms with van der Waals surface area (Å²) in [7, 11) is -0.690. The molecule has 0 spiro atoms. The molecule has 0 bridgehead atoms. The summed E-state index contributed by atoms with van der Waals surface area (Å²) >= 11 is 0. The van der Waals surface area contributed by atoms with Crippen LogP contribution in [0.3, 0.4) is 0 Å². The topological polar surface area (TPSA) is 205 Å². The molecule has 3 unspecified atom stereocenters. The summed E-state index contributed by atoms with van der Waals surface area (Å²) in [6, 6.07) is 12.2. The normalized spacial score (nSPS) is 19.3. The molecule has 1 saturated carbocycles. The van der Waals surface area contributed by atoms with E-state index >= 15 is 0 Å². The second-order valence-corrected chi connectivity index (χ2v) is 21.4. The number of fused-ring (bicyclic) bond motifs is 1. The van der Waals surface area contributed by atoms with Crippen LogP contribution in [-0.2, 0) is 40.4 Å². The molecule has 1 aliphatic carbocycles. The van der Waals surface area contributed by atoms with Crippen LogP contribution in [0.1, 0.15) is 85.6 Å². The van der Waals surface area contributed by atoms with Crippen LogP contribution in [-0.4, -0.2) is 121 Å². The SMILES string of the molecule is C=CC(C)[C@@H](NC(=O)[C@@H]1CCCN1C(=O)C(CC(=O)N1CCC(N(C)C(=O)OC(C)(C)Cc2cc3c(=O)cc(-c4ccccc4)[nH]c3cc2OC)C1)C(C)(C)C)C(=O)NS(=O)(=O)C1CC1. The molecule has 3 fully saturated rings. The zero-order chi connectivity index (χ0) is 47.6. The van der Waals surface area contributed by atoms with E-state index in [1.165, 1.54) is 15.9 Å². The number of nitrogens with one attached hydrogen (secondary N) is 3. The highest BCUT2D eigenvalue weighted by Gasteiger charge is 2.45. The van der Waals surface area contributed by atoms with E-state index in [1.54, 1.807) is 58.0 Å². The van der Waals surface area contributed by atoms with Crippen molar-refractivity contribution in [3.05, 3.63) is 77.0 Å². The van der Waals surface area contributed by atoms with Gasteiger partial charge in [0.2, 0.25) is 27.7 Å². The number of rotatable bonds is 16. The molecule has 0 radical (unpaired) electrons. The van der Waals surface area contributed by atoms with Crippen LogP contribution in [0.2, 0.25) is 0 Å². The van der Waals surface area contributed by atoms with E-state index in [2.05, 4.69) is 21.6 Å². The van der Waals surface area contributed by atoms with Crippen molar-refractivity contribution in [2.45, 2.75) is 115 Å². The van der Waals surface area contributed by atoms with Gasteiger partial charge in [-0.1, -0.05) is 64.1 Å². The third kappa shape index (κ3) is 11.4. The van der Waals surface area contributed by atoms with E-state index in [1.807, 2.05) is 51.1 Å². The highest BCUT2D eigenvalue weighted by molar-refractivity contribution is 7.90. The molecule has 352 valence electrons. The Balaban J connectivity index is 1.07. The molecule has 2 aromatic carbocycles. The van der Waals surface area contributed by atoms with Crippen molar-refractivity contribution in [3.63, 3.8) is 0 Å². The zero-order valence-electron chi connectivity index (χ0n) is 38.8. The van der Waals surface area contributed by atoms with Gasteiger partial charge in [-0.15, -0.1) is 6.58 Å². The van der Waals surface area contributed by atoms with Crippen LogP contribution < -0.4 is 20.2 Å². The molecule has 3 N–H and O–H groups in total. The van der Waals surface area contributed by atoms with Crippen LogP contribution in [0.5, 0.6) is 5.75 Å². The van der Waals surface area contributed by atoms with Gasteiger partial charge < -0.3 is 34.5 Å². The summed E-state index contributed by atoms with van der Waals surface area (Å²) in [5, 5.41) is 2.54. The fraction of sp³-hybridized carbons (Fsp3) is 0.542. The van der Waals surface area contributed by atoms with E-state index < -0.39 is 68.1 Å². The minimum absolute atomic E-state index is 0.122. The van der Waals surface area contributed by atoms with Gasteiger partial charge in [-0.2, -0.15) is 0 Å². The van der Waals surface area contributed by atoms with Crippen molar-refractivity contribution in [1.82, 2.24) is 29.7 Å². The first kappa shape index (κ1) is 48.7.